The summed E-state index contributed by atoms with van der Waals surface area (Å²) >= 11 is 5.66. The minimum Gasteiger partial charge on any atom is -0.449 e. The van der Waals surface area contributed by atoms with E-state index in [4.69, 9.17) is 16.3 Å². The summed E-state index contributed by atoms with van der Waals surface area (Å²) in [6.45, 7) is 6.45. The average molecular weight is 457 g/mol. The minimum atomic E-state index is -3.75. The second kappa shape index (κ2) is 9.11. The molecule has 1 atom stereocenters. The van der Waals surface area contributed by atoms with Crippen molar-refractivity contribution in [2.45, 2.75) is 44.2 Å². The van der Waals surface area contributed by atoms with E-state index in [9.17, 15) is 22.4 Å². The van der Waals surface area contributed by atoms with E-state index in [0.29, 0.717) is 0 Å². The van der Waals surface area contributed by atoms with Crippen molar-refractivity contribution in [2.24, 2.45) is 0 Å². The van der Waals surface area contributed by atoms with Crippen LogP contribution in [0.1, 0.15) is 38.1 Å². The first-order valence-corrected chi connectivity index (χ1v) is 10.8. The van der Waals surface area contributed by atoms with Crippen LogP contribution in [0.15, 0.2) is 47.4 Å². The van der Waals surface area contributed by atoms with Crippen molar-refractivity contribution in [1.29, 1.82) is 0 Å². The Hall–Kier alpha value is -2.49. The van der Waals surface area contributed by atoms with E-state index in [0.717, 1.165) is 6.07 Å². The van der Waals surface area contributed by atoms with Gasteiger partial charge in [-0.25, -0.2) is 22.3 Å². The minimum absolute atomic E-state index is 0.0158. The Morgan fingerprint density at radius 2 is 1.70 bits per heavy atom. The average Bonchev–Trinajstić information content (AvgIpc) is 2.62. The molecule has 2 N–H and O–H groups in total. The van der Waals surface area contributed by atoms with Crippen molar-refractivity contribution in [2.75, 3.05) is 5.32 Å². The molecule has 162 valence electrons. The smallest absolute Gasteiger partial charge is 0.338 e. The third-order valence-electron chi connectivity index (χ3n) is 3.68. The molecule has 2 rings (SSSR count). The van der Waals surface area contributed by atoms with E-state index in [1.165, 1.54) is 43.3 Å². The van der Waals surface area contributed by atoms with Crippen LogP contribution in [0.5, 0.6) is 0 Å². The highest BCUT2D eigenvalue weighted by atomic mass is 35.5. The molecular formula is C20H22ClFN2O5S. The molecule has 2 aromatic carbocycles. The molecule has 0 bridgehead atoms. The molecule has 0 heterocycles. The van der Waals surface area contributed by atoms with E-state index < -0.39 is 39.4 Å². The largest absolute Gasteiger partial charge is 0.449 e. The van der Waals surface area contributed by atoms with Crippen LogP contribution in [0.2, 0.25) is 5.02 Å². The van der Waals surface area contributed by atoms with Gasteiger partial charge in [-0.05, 0) is 70.2 Å². The molecule has 7 nitrogen and oxygen atoms in total. The number of benzene rings is 2. The van der Waals surface area contributed by atoms with E-state index >= 15 is 0 Å². The second-order valence-corrected chi connectivity index (χ2v) is 9.66. The molecule has 0 fully saturated rings. The Balaban J connectivity index is 2.04. The molecular weight excluding hydrogens is 435 g/mol. The Bertz CT molecular complexity index is 1050. The van der Waals surface area contributed by atoms with Gasteiger partial charge in [0.25, 0.3) is 5.91 Å². The van der Waals surface area contributed by atoms with Crippen LogP contribution in [0, 0.1) is 5.82 Å². The number of hydrogen-bond donors (Lipinski definition) is 2. The fourth-order valence-corrected chi connectivity index (χ4v) is 3.92. The normalized spacial score (nSPS) is 12.9. The Morgan fingerprint density at radius 1 is 1.10 bits per heavy atom. The van der Waals surface area contributed by atoms with Crippen molar-refractivity contribution < 1.29 is 27.1 Å². The van der Waals surface area contributed by atoms with Gasteiger partial charge in [-0.1, -0.05) is 11.6 Å². The fraction of sp³-hybridized carbons (Fsp3) is 0.300. The van der Waals surface area contributed by atoms with Crippen LogP contribution < -0.4 is 10.0 Å². The van der Waals surface area contributed by atoms with Crippen molar-refractivity contribution >= 4 is 39.2 Å². The first-order valence-electron chi connectivity index (χ1n) is 8.89. The highest BCUT2D eigenvalue weighted by Gasteiger charge is 2.23. The number of hydrogen-bond acceptors (Lipinski definition) is 5. The molecule has 2 aromatic rings. The van der Waals surface area contributed by atoms with Crippen LogP contribution in [0.25, 0.3) is 0 Å². The van der Waals surface area contributed by atoms with Gasteiger partial charge in [0.2, 0.25) is 10.0 Å². The summed E-state index contributed by atoms with van der Waals surface area (Å²) in [5.41, 5.74) is -0.710. The maximum atomic E-state index is 13.8. The summed E-state index contributed by atoms with van der Waals surface area (Å²) in [5.74, 6) is -2.30. The number of ether oxygens (including phenoxy) is 1. The van der Waals surface area contributed by atoms with Gasteiger partial charge in [-0.15, -0.1) is 0 Å². The molecule has 0 aliphatic rings. The monoisotopic (exact) mass is 456 g/mol. The number of sulfonamides is 1. The molecule has 0 aliphatic heterocycles. The number of rotatable bonds is 6. The third kappa shape index (κ3) is 6.51. The van der Waals surface area contributed by atoms with Crippen molar-refractivity contribution in [3.8, 4) is 0 Å². The Labute approximate surface area is 179 Å². The molecule has 0 saturated carbocycles. The lowest BCUT2D eigenvalue weighted by atomic mass is 10.1. The van der Waals surface area contributed by atoms with Gasteiger partial charge in [0.05, 0.1) is 16.1 Å². The summed E-state index contributed by atoms with van der Waals surface area (Å²) in [5, 5.41) is 2.48. The summed E-state index contributed by atoms with van der Waals surface area (Å²) in [7, 11) is -3.75. The summed E-state index contributed by atoms with van der Waals surface area (Å²) in [6.07, 6.45) is -1.22. The molecule has 0 aliphatic carbocycles. The lowest BCUT2D eigenvalue weighted by Crippen LogP contribution is -2.40. The Morgan fingerprint density at radius 3 is 2.23 bits per heavy atom. The lowest BCUT2D eigenvalue weighted by Gasteiger charge is -2.20. The number of esters is 1. The van der Waals surface area contributed by atoms with E-state index in [-0.39, 0.29) is 21.2 Å². The molecule has 1 unspecified atom stereocenters. The van der Waals surface area contributed by atoms with Gasteiger partial charge in [-0.2, -0.15) is 0 Å². The zero-order valence-electron chi connectivity index (χ0n) is 16.8. The van der Waals surface area contributed by atoms with Gasteiger partial charge in [-0.3, -0.25) is 4.79 Å². The van der Waals surface area contributed by atoms with Crippen LogP contribution >= 0.6 is 11.6 Å². The lowest BCUT2D eigenvalue weighted by molar-refractivity contribution is -0.123. The van der Waals surface area contributed by atoms with Gasteiger partial charge in [0, 0.05) is 10.6 Å². The molecule has 1 amide bonds. The van der Waals surface area contributed by atoms with Crippen molar-refractivity contribution in [3.05, 3.63) is 58.9 Å². The second-order valence-electron chi connectivity index (χ2n) is 7.54. The summed E-state index contributed by atoms with van der Waals surface area (Å²) < 4.78 is 46.0. The summed E-state index contributed by atoms with van der Waals surface area (Å²) in [4.78, 5) is 24.4. The van der Waals surface area contributed by atoms with E-state index in [1.54, 1.807) is 20.8 Å². The van der Waals surface area contributed by atoms with Crippen LogP contribution in [-0.2, 0) is 19.6 Å². The highest BCUT2D eigenvalue weighted by Crippen LogP contribution is 2.19. The topological polar surface area (TPSA) is 102 Å². The van der Waals surface area contributed by atoms with Crippen LogP contribution in [0.3, 0.4) is 0 Å². The zero-order chi connectivity index (χ0) is 22.7. The standard InChI is InChI=1S/C20H22ClFN2O5S/c1-12(18(25)23-17-10-7-14(21)11-16(17)22)29-19(26)13-5-8-15(9-6-13)30(27,28)24-20(2,3)4/h5-12,24H,1-4H3,(H,23,25). The fourth-order valence-electron chi connectivity index (χ4n) is 2.34. The van der Waals surface area contributed by atoms with Crippen molar-refractivity contribution in [3.63, 3.8) is 0 Å². The Kier molecular flexibility index (Phi) is 7.23. The number of amides is 1. The third-order valence-corrected chi connectivity index (χ3v) is 5.69. The molecule has 0 radical (unpaired) electrons. The van der Waals surface area contributed by atoms with Gasteiger partial charge < -0.3 is 10.1 Å². The van der Waals surface area contributed by atoms with Crippen LogP contribution in [0.4, 0.5) is 10.1 Å². The number of carbonyl (C=O) groups is 2. The van der Waals surface area contributed by atoms with Gasteiger partial charge in [0.15, 0.2) is 6.10 Å². The number of anilines is 1. The molecule has 0 aromatic heterocycles. The molecule has 30 heavy (non-hydrogen) atoms. The van der Waals surface area contributed by atoms with E-state index in [1.807, 2.05) is 0 Å². The first kappa shape index (κ1) is 23.8. The van der Waals surface area contributed by atoms with E-state index in [2.05, 4.69) is 10.0 Å². The van der Waals surface area contributed by atoms with Crippen LogP contribution in [-0.4, -0.2) is 31.9 Å². The summed E-state index contributed by atoms with van der Waals surface area (Å²) in [6, 6.07) is 8.82. The number of carbonyl (C=O) groups excluding carboxylic acids is 2. The maximum Gasteiger partial charge on any atom is 0.338 e. The zero-order valence-corrected chi connectivity index (χ0v) is 18.4. The molecule has 0 saturated heterocycles. The molecule has 0 spiro atoms. The number of nitrogens with one attached hydrogen (secondary N) is 2. The SMILES string of the molecule is CC(OC(=O)c1ccc(S(=O)(=O)NC(C)(C)C)cc1)C(=O)Nc1ccc(Cl)cc1F. The maximum absolute atomic E-state index is 13.8. The first-order chi connectivity index (χ1) is 13.8. The molecule has 10 heteroatoms. The van der Waals surface area contributed by atoms with Gasteiger partial charge >= 0.3 is 5.97 Å². The predicted molar refractivity (Wildman–Crippen MR) is 111 cm³/mol. The quantitative estimate of drug-likeness (QED) is 0.645. The predicted octanol–water partition coefficient (Wildman–Crippen LogP) is 3.74. The number of halogens is 2. The van der Waals surface area contributed by atoms with Crippen molar-refractivity contribution in [1.82, 2.24) is 4.72 Å². The van der Waals surface area contributed by atoms with Gasteiger partial charge in [0.1, 0.15) is 5.82 Å². The highest BCUT2D eigenvalue weighted by molar-refractivity contribution is 7.89.